The van der Waals surface area contributed by atoms with Gasteiger partial charge in [0.2, 0.25) is 0 Å². The Hall–Kier alpha value is -1.69. The fourth-order valence-corrected chi connectivity index (χ4v) is 1.94. The second-order valence-corrected chi connectivity index (χ2v) is 3.72. The zero-order chi connectivity index (χ0) is 10.8. The Morgan fingerprint density at radius 2 is 2.33 bits per heavy atom. The number of rotatable bonds is 1. The van der Waals surface area contributed by atoms with Crippen LogP contribution < -0.4 is 0 Å². The van der Waals surface area contributed by atoms with Gasteiger partial charge in [-0.3, -0.25) is 9.78 Å². The third-order valence-corrected chi connectivity index (χ3v) is 2.75. The van der Waals surface area contributed by atoms with E-state index >= 15 is 0 Å². The molecule has 0 saturated heterocycles. The van der Waals surface area contributed by atoms with Gasteiger partial charge in [-0.2, -0.15) is 5.26 Å². The van der Waals surface area contributed by atoms with Gasteiger partial charge in [-0.05, 0) is 25.3 Å². The molecule has 0 amide bonds. The molecule has 0 unspecified atom stereocenters. The van der Waals surface area contributed by atoms with E-state index in [0.29, 0.717) is 17.5 Å². The minimum absolute atomic E-state index is 0.128. The third kappa shape index (κ3) is 1.63. The van der Waals surface area contributed by atoms with Crippen molar-refractivity contribution in [2.45, 2.75) is 32.6 Å². The largest absolute Gasteiger partial charge is 0.294 e. The van der Waals surface area contributed by atoms with Gasteiger partial charge in [-0.1, -0.05) is 6.92 Å². The van der Waals surface area contributed by atoms with E-state index in [0.717, 1.165) is 30.7 Å². The molecule has 3 nitrogen and oxygen atoms in total. The van der Waals surface area contributed by atoms with E-state index in [-0.39, 0.29) is 5.78 Å². The van der Waals surface area contributed by atoms with Crippen LogP contribution in [-0.2, 0) is 12.8 Å². The van der Waals surface area contributed by atoms with Crippen molar-refractivity contribution >= 4 is 5.78 Å². The number of nitrogens with zero attached hydrogens (tertiary/aromatic N) is 2. The van der Waals surface area contributed by atoms with Crippen LogP contribution in [0.4, 0.5) is 0 Å². The Labute approximate surface area is 88.8 Å². The smallest absolute Gasteiger partial charge is 0.164 e. The lowest BCUT2D eigenvalue weighted by molar-refractivity contribution is 0.0971. The molecule has 1 aromatic heterocycles. The summed E-state index contributed by atoms with van der Waals surface area (Å²) in [5, 5.41) is 8.94. The first-order valence-electron chi connectivity index (χ1n) is 5.22. The average Bonchev–Trinajstić information content (AvgIpc) is 2.28. The minimum atomic E-state index is 0.128. The standard InChI is InChI=1S/C12H12N2O/c1-2-10-8(7-13)6-9-11(14-10)4-3-5-12(9)15/h6H,2-5H2,1H3. The predicted octanol–water partition coefficient (Wildman–Crippen LogP) is 2.03. The molecule has 3 heteroatoms. The molecule has 0 aromatic carbocycles. The summed E-state index contributed by atoms with van der Waals surface area (Å²) in [6, 6.07) is 3.81. The van der Waals surface area contributed by atoms with Crippen molar-refractivity contribution in [1.29, 1.82) is 5.26 Å². The summed E-state index contributed by atoms with van der Waals surface area (Å²) < 4.78 is 0. The molecule has 2 rings (SSSR count). The van der Waals surface area contributed by atoms with Crippen molar-refractivity contribution in [1.82, 2.24) is 4.98 Å². The fourth-order valence-electron chi connectivity index (χ4n) is 1.94. The maximum absolute atomic E-state index is 11.6. The van der Waals surface area contributed by atoms with Crippen molar-refractivity contribution in [3.05, 3.63) is 28.6 Å². The summed E-state index contributed by atoms with van der Waals surface area (Å²) in [6.45, 7) is 1.97. The minimum Gasteiger partial charge on any atom is -0.294 e. The highest BCUT2D eigenvalue weighted by atomic mass is 16.1. The summed E-state index contributed by atoms with van der Waals surface area (Å²) in [5.74, 6) is 0.128. The second kappa shape index (κ2) is 3.82. The molecule has 1 aliphatic carbocycles. The molecule has 0 aliphatic heterocycles. The molecule has 15 heavy (non-hydrogen) atoms. The lowest BCUT2D eigenvalue weighted by Crippen LogP contribution is -2.14. The number of nitriles is 1. The number of pyridine rings is 1. The first-order valence-corrected chi connectivity index (χ1v) is 5.22. The number of Topliss-reactive ketones (excluding diaryl/α,β-unsaturated/α-hetero) is 1. The highest BCUT2D eigenvalue weighted by Gasteiger charge is 2.20. The fraction of sp³-hybridized carbons (Fsp3) is 0.417. The molecule has 1 aromatic rings. The van der Waals surface area contributed by atoms with E-state index in [1.165, 1.54) is 0 Å². The number of ketones is 1. The maximum atomic E-state index is 11.6. The summed E-state index contributed by atoms with van der Waals surface area (Å²) >= 11 is 0. The molecule has 0 fully saturated rings. The van der Waals surface area contributed by atoms with E-state index < -0.39 is 0 Å². The number of aryl methyl sites for hydroxylation is 2. The van der Waals surface area contributed by atoms with Gasteiger partial charge < -0.3 is 0 Å². The van der Waals surface area contributed by atoms with Gasteiger partial charge in [0.15, 0.2) is 5.78 Å². The summed E-state index contributed by atoms with van der Waals surface area (Å²) in [6.07, 6.45) is 3.07. The topological polar surface area (TPSA) is 53.8 Å². The first kappa shape index (κ1) is 9.85. The molecule has 1 aliphatic rings. The number of hydrogen-bond donors (Lipinski definition) is 0. The molecular weight excluding hydrogens is 188 g/mol. The Balaban J connectivity index is 2.59. The highest BCUT2D eigenvalue weighted by molar-refractivity contribution is 5.98. The zero-order valence-electron chi connectivity index (χ0n) is 8.71. The van der Waals surface area contributed by atoms with Crippen LogP contribution in [0.2, 0.25) is 0 Å². The molecule has 0 N–H and O–H groups in total. The lowest BCUT2D eigenvalue weighted by atomic mass is 9.93. The van der Waals surface area contributed by atoms with E-state index in [4.69, 9.17) is 5.26 Å². The molecule has 0 radical (unpaired) electrons. The van der Waals surface area contributed by atoms with E-state index in [1.54, 1.807) is 6.07 Å². The normalized spacial score (nSPS) is 14.5. The summed E-state index contributed by atoms with van der Waals surface area (Å²) in [4.78, 5) is 16.0. The van der Waals surface area contributed by atoms with E-state index in [2.05, 4.69) is 11.1 Å². The monoisotopic (exact) mass is 200 g/mol. The predicted molar refractivity (Wildman–Crippen MR) is 55.6 cm³/mol. The van der Waals surface area contributed by atoms with Crippen molar-refractivity contribution in [3.8, 4) is 6.07 Å². The van der Waals surface area contributed by atoms with Crippen LogP contribution in [0.1, 0.15) is 47.1 Å². The maximum Gasteiger partial charge on any atom is 0.164 e. The number of aromatic nitrogens is 1. The Morgan fingerprint density at radius 3 is 3.00 bits per heavy atom. The van der Waals surface area contributed by atoms with Gasteiger partial charge in [0, 0.05) is 12.0 Å². The molecule has 1 heterocycles. The van der Waals surface area contributed by atoms with Gasteiger partial charge in [0.05, 0.1) is 17.0 Å². The Bertz CT molecular complexity index is 457. The van der Waals surface area contributed by atoms with Gasteiger partial charge in [-0.15, -0.1) is 0 Å². The van der Waals surface area contributed by atoms with Gasteiger partial charge in [0.25, 0.3) is 0 Å². The second-order valence-electron chi connectivity index (χ2n) is 3.72. The number of carbonyl (C=O) groups is 1. The van der Waals surface area contributed by atoms with Gasteiger partial charge in [0.1, 0.15) is 6.07 Å². The van der Waals surface area contributed by atoms with Crippen LogP contribution in [-0.4, -0.2) is 10.8 Å². The van der Waals surface area contributed by atoms with Crippen LogP contribution in [0, 0.1) is 11.3 Å². The zero-order valence-corrected chi connectivity index (χ0v) is 8.71. The molecule has 0 atom stereocenters. The average molecular weight is 200 g/mol. The Morgan fingerprint density at radius 1 is 1.53 bits per heavy atom. The van der Waals surface area contributed by atoms with Crippen LogP contribution in [0.3, 0.4) is 0 Å². The van der Waals surface area contributed by atoms with Crippen LogP contribution in [0.15, 0.2) is 6.07 Å². The SMILES string of the molecule is CCc1nc2c(cc1C#N)C(=O)CCC2. The molecule has 0 spiro atoms. The lowest BCUT2D eigenvalue weighted by Gasteiger charge is -2.15. The van der Waals surface area contributed by atoms with Crippen LogP contribution in [0.25, 0.3) is 0 Å². The van der Waals surface area contributed by atoms with Gasteiger partial charge in [-0.25, -0.2) is 0 Å². The molecule has 76 valence electrons. The summed E-state index contributed by atoms with van der Waals surface area (Å²) in [7, 11) is 0. The van der Waals surface area contributed by atoms with E-state index in [9.17, 15) is 4.79 Å². The first-order chi connectivity index (χ1) is 7.26. The van der Waals surface area contributed by atoms with Gasteiger partial charge >= 0.3 is 0 Å². The third-order valence-electron chi connectivity index (χ3n) is 2.75. The molecule has 0 bridgehead atoms. The Kier molecular flexibility index (Phi) is 2.51. The summed E-state index contributed by atoms with van der Waals surface area (Å²) in [5.41, 5.74) is 2.90. The number of fused-ring (bicyclic) bond motifs is 1. The molecular formula is C12H12N2O. The van der Waals surface area contributed by atoms with Crippen molar-refractivity contribution in [2.24, 2.45) is 0 Å². The van der Waals surface area contributed by atoms with Crippen molar-refractivity contribution < 1.29 is 4.79 Å². The highest BCUT2D eigenvalue weighted by Crippen LogP contribution is 2.22. The quantitative estimate of drug-likeness (QED) is 0.697. The number of carbonyl (C=O) groups excluding carboxylic acids is 1. The van der Waals surface area contributed by atoms with Crippen molar-refractivity contribution in [3.63, 3.8) is 0 Å². The number of hydrogen-bond acceptors (Lipinski definition) is 3. The van der Waals surface area contributed by atoms with Crippen molar-refractivity contribution in [2.75, 3.05) is 0 Å². The van der Waals surface area contributed by atoms with Crippen LogP contribution in [0.5, 0.6) is 0 Å². The van der Waals surface area contributed by atoms with E-state index in [1.807, 2.05) is 6.92 Å². The molecule has 0 saturated carbocycles. The van der Waals surface area contributed by atoms with Crippen LogP contribution >= 0.6 is 0 Å².